The van der Waals surface area contributed by atoms with E-state index < -0.39 is 44.7 Å². The van der Waals surface area contributed by atoms with Crippen LogP contribution in [-0.2, 0) is 48.0 Å². The van der Waals surface area contributed by atoms with Crippen LogP contribution in [0.4, 0.5) is 0 Å². The number of methoxy groups -OCH3 is 1. The summed E-state index contributed by atoms with van der Waals surface area (Å²) in [7, 11) is 1.72. The molecule has 4 aromatic rings. The third-order valence-corrected chi connectivity index (χ3v) is 31.7. The van der Waals surface area contributed by atoms with E-state index in [-0.39, 0.29) is 34.4 Å². The summed E-state index contributed by atoms with van der Waals surface area (Å²) in [6.45, 7) is 13.8. The van der Waals surface area contributed by atoms with E-state index in [4.69, 9.17) is 24.2 Å². The molecule has 1 unspecified atom stereocenters. The van der Waals surface area contributed by atoms with Crippen LogP contribution in [0.15, 0.2) is 41.9 Å². The molecule has 57 heavy (non-hydrogen) atoms. The second-order valence-corrected chi connectivity index (χ2v) is 35.1. The number of aryl methyl sites for hydroxylation is 1. The molecule has 1 aromatic carbocycles. The summed E-state index contributed by atoms with van der Waals surface area (Å²) in [5.41, 5.74) is 6.86. The Bertz CT molecular complexity index is 2220. The van der Waals surface area contributed by atoms with E-state index in [0.29, 0.717) is 48.7 Å². The molecule has 10 nitrogen and oxygen atoms in total. The molecule has 7 heterocycles. The summed E-state index contributed by atoms with van der Waals surface area (Å²) in [6, 6.07) is 10.8. The Morgan fingerprint density at radius 2 is 1.95 bits per heavy atom. The maximum atomic E-state index is 14.9. The number of thiazole rings is 1. The minimum absolute atomic E-state index is 0.0385. The molecule has 0 spiro atoms. The average Bonchev–Trinajstić information content (AvgIpc) is 3.81. The number of nitrogens with zero attached hydrogens (tertiary/aromatic N) is 4. The molecule has 4 aliphatic heterocycles. The number of benzene rings is 1. The van der Waals surface area contributed by atoms with Crippen LogP contribution in [0.2, 0.25) is 12.8 Å². The summed E-state index contributed by atoms with van der Waals surface area (Å²) in [5.74, 6) is 0.166. The normalized spacial score (nSPS) is 22.4. The first-order valence-corrected chi connectivity index (χ1v) is 31.4. The van der Waals surface area contributed by atoms with Crippen molar-refractivity contribution in [2.75, 3.05) is 33.5 Å². The Balaban J connectivity index is 1.25. The van der Waals surface area contributed by atoms with Crippen molar-refractivity contribution in [3.8, 4) is 22.5 Å². The molecule has 3 atom stereocenters. The van der Waals surface area contributed by atoms with E-state index in [1.807, 2.05) is 22.3 Å². The van der Waals surface area contributed by atoms with Gasteiger partial charge in [-0.2, -0.15) is 0 Å². The number of ether oxygens (including phenoxy) is 3. The Labute approximate surface area is 354 Å². The molecule has 0 N–H and O–H groups in total. The van der Waals surface area contributed by atoms with Crippen molar-refractivity contribution >= 4 is 80.8 Å². The molecule has 3 aromatic heterocycles. The number of esters is 1. The van der Waals surface area contributed by atoms with E-state index >= 15 is 0 Å². The predicted octanol–water partition coefficient (Wildman–Crippen LogP) is 7.64. The molecule has 2 fully saturated rings. The first-order valence-electron chi connectivity index (χ1n) is 20.8. The number of cyclic esters (lactones) is 1. The number of hydrogen-bond acceptors (Lipinski definition) is 9. The van der Waals surface area contributed by atoms with Crippen molar-refractivity contribution in [3.05, 3.63) is 58.2 Å². The van der Waals surface area contributed by atoms with Crippen LogP contribution in [0.5, 0.6) is 0 Å². The van der Waals surface area contributed by atoms with Gasteiger partial charge >= 0.3 is 350 Å². The summed E-state index contributed by atoms with van der Waals surface area (Å²) in [6.07, 6.45) is 6.05. The number of fused-ring (bicyclic) bond motifs is 5. The molecule has 0 saturated carbocycles. The number of rotatable bonds is 8. The third kappa shape index (κ3) is 8.10. The second kappa shape index (κ2) is 16.9. The van der Waals surface area contributed by atoms with E-state index in [0.717, 1.165) is 82.3 Å². The van der Waals surface area contributed by atoms with E-state index in [1.54, 1.807) is 18.4 Å². The van der Waals surface area contributed by atoms with Crippen molar-refractivity contribution in [1.29, 1.82) is 0 Å². The first kappa shape index (κ1) is 41.3. The fourth-order valence-corrected chi connectivity index (χ4v) is 32.6. The fraction of sp³-hybridized carbons (Fsp3) is 0.545. The van der Waals surface area contributed by atoms with Crippen LogP contribution in [0.3, 0.4) is 0 Å². The molecule has 8 rings (SSSR count). The van der Waals surface area contributed by atoms with Gasteiger partial charge in [-0.05, 0) is 0 Å². The predicted molar refractivity (Wildman–Crippen MR) is 228 cm³/mol. The van der Waals surface area contributed by atoms with Crippen LogP contribution >= 0.6 is 11.3 Å². The van der Waals surface area contributed by atoms with Gasteiger partial charge in [0.25, 0.3) is 0 Å². The van der Waals surface area contributed by atoms with E-state index in [9.17, 15) is 14.4 Å². The van der Waals surface area contributed by atoms with Gasteiger partial charge in [0.05, 0.1) is 0 Å². The van der Waals surface area contributed by atoms with Crippen molar-refractivity contribution in [2.45, 2.75) is 98.6 Å². The van der Waals surface area contributed by atoms with Crippen LogP contribution in [0, 0.1) is 17.3 Å². The number of carbonyl (C=O) groups is 3. The molecule has 1 radical (unpaired) electrons. The maximum absolute atomic E-state index is 14.9. The van der Waals surface area contributed by atoms with Crippen molar-refractivity contribution in [1.82, 2.24) is 17.7 Å². The second-order valence-electron chi connectivity index (χ2n) is 17.4. The zero-order valence-corrected chi connectivity index (χ0v) is 40.7. The van der Waals surface area contributed by atoms with Gasteiger partial charge in [-0.3, -0.25) is 0 Å². The number of carbonyl (C=O) groups excluding carboxylic acids is 3. The molecule has 13 heteroatoms. The number of amides is 1. The van der Waals surface area contributed by atoms with Crippen LogP contribution in [-0.4, -0.2) is 110 Å². The van der Waals surface area contributed by atoms with Crippen LogP contribution in [0.1, 0.15) is 82.7 Å². The van der Waals surface area contributed by atoms with Gasteiger partial charge in [-0.25, -0.2) is 0 Å². The van der Waals surface area contributed by atoms with Gasteiger partial charge in [-0.1, -0.05) is 0 Å². The number of aromatic nitrogens is 3. The third-order valence-electron chi connectivity index (χ3n) is 13.0. The molecule has 301 valence electrons. The van der Waals surface area contributed by atoms with Gasteiger partial charge in [0.1, 0.15) is 0 Å². The SMILES string of the molecule is CCn1c(-c2cccnc2[C@H](C)OC)c2c3cc(ccc31)-c1csc(n1)C[C@H]([Sn]1([C](=O)C(C)C3CCOCC3)[CH2][CH2]1)C(=O)[N]1CCC[C](=[Sn]1)C(=O)OCC(C)(C)C2. The van der Waals surface area contributed by atoms with Crippen molar-refractivity contribution < 1.29 is 28.6 Å². The number of hydrogen-bond donors (Lipinski definition) is 0. The Hall–Kier alpha value is -2.46. The van der Waals surface area contributed by atoms with Crippen LogP contribution in [0.25, 0.3) is 33.4 Å². The van der Waals surface area contributed by atoms with Gasteiger partial charge in [0.2, 0.25) is 0 Å². The van der Waals surface area contributed by atoms with Gasteiger partial charge in [0, 0.05) is 7.11 Å². The zero-order valence-electron chi connectivity index (χ0n) is 34.2. The Morgan fingerprint density at radius 1 is 1.16 bits per heavy atom. The Kier molecular flexibility index (Phi) is 12.2. The molecule has 2 saturated heterocycles. The molecule has 6 bridgehead atoms. The summed E-state index contributed by atoms with van der Waals surface area (Å²) in [4.78, 5) is 53.6. The van der Waals surface area contributed by atoms with Gasteiger partial charge in [-0.15, -0.1) is 0 Å². The summed E-state index contributed by atoms with van der Waals surface area (Å²) in [5, 5.41) is 4.19. The summed E-state index contributed by atoms with van der Waals surface area (Å²) >= 11 is -3.75. The molecule has 0 aliphatic carbocycles. The van der Waals surface area contributed by atoms with Crippen LogP contribution < -0.4 is 0 Å². The topological polar surface area (TPSA) is 113 Å². The molecule has 1 amide bonds. The van der Waals surface area contributed by atoms with Crippen molar-refractivity contribution in [2.24, 2.45) is 17.3 Å². The minimum atomic E-state index is -3.62. The molecular formula is C44H55N4O6SSn2. The van der Waals surface area contributed by atoms with E-state index in [1.165, 1.54) is 5.56 Å². The molecular weight excluding hydrogens is 950 g/mol. The monoisotopic (exact) mass is 1010 g/mol. The Morgan fingerprint density at radius 3 is 2.68 bits per heavy atom. The zero-order chi connectivity index (χ0) is 40.1. The fourth-order valence-electron chi connectivity index (χ4n) is 9.53. The average molecular weight is 1010 g/mol. The van der Waals surface area contributed by atoms with Gasteiger partial charge in [0.15, 0.2) is 0 Å². The first-order chi connectivity index (χ1) is 27.4. The standard InChI is InChI=1S/C34H39N4O4S.C8H13O2.C2H4.2Sn/c1-6-38-28-13-12-23-18-25(28)26(33(38)24-10-9-17-36-32(24)22(2)41-5)19-34(3,4)21-42-31(40)11-7-8-16-35-29(39)14-15-30-37-27(23)20-43-30;1-7(6-9)8-2-4-10-5-3-8;1-2;;/h9-10,12-14,17-18,20,22H,6-8,15-16,19,21H2,1-5H3,(H,35,39);7-8H,2-5H2,1H3;1-2H2;;/q;;;;+1/p-1/t22-;;;;/m0..../s1. The molecule has 4 aliphatic rings. The number of pyridine rings is 1. The van der Waals surface area contributed by atoms with Crippen molar-refractivity contribution in [3.63, 3.8) is 0 Å². The summed E-state index contributed by atoms with van der Waals surface area (Å²) < 4.78 is 25.0. The van der Waals surface area contributed by atoms with Gasteiger partial charge < -0.3 is 0 Å². The quantitative estimate of drug-likeness (QED) is 0.131. The van der Waals surface area contributed by atoms with E-state index in [2.05, 4.69) is 61.9 Å².